The first-order valence-corrected chi connectivity index (χ1v) is 9.15. The molecule has 3 aromatic rings. The van der Waals surface area contributed by atoms with E-state index in [1.165, 1.54) is 0 Å². The number of anilines is 2. The number of ether oxygens (including phenoxy) is 2. The molecule has 136 valence electrons. The predicted molar refractivity (Wildman–Crippen MR) is 109 cm³/mol. The molecule has 1 atom stereocenters. The Morgan fingerprint density at radius 2 is 1.62 bits per heavy atom. The molecule has 0 amide bonds. The maximum absolute atomic E-state index is 6.53. The Balaban J connectivity index is 1.92. The van der Waals surface area contributed by atoms with Gasteiger partial charge in [-0.25, -0.2) is 0 Å². The van der Waals surface area contributed by atoms with E-state index >= 15 is 0 Å². The zero-order valence-electron chi connectivity index (χ0n) is 14.9. The van der Waals surface area contributed by atoms with E-state index in [2.05, 4.69) is 10.8 Å². The first-order valence-electron chi connectivity index (χ1n) is 8.20. The number of hydrogen-bond acceptors (Lipinski definition) is 6. The second-order valence-corrected chi connectivity index (χ2v) is 6.86. The summed E-state index contributed by atoms with van der Waals surface area (Å²) < 4.78 is 10.7. The fraction of sp³-hybridized carbons (Fsp3) is 0.200. The van der Waals surface area contributed by atoms with E-state index in [-0.39, 0.29) is 6.04 Å². The maximum atomic E-state index is 6.53. The van der Waals surface area contributed by atoms with Crippen molar-refractivity contribution >= 4 is 22.7 Å². The van der Waals surface area contributed by atoms with E-state index in [1.54, 1.807) is 31.6 Å². The van der Waals surface area contributed by atoms with Crippen molar-refractivity contribution in [1.82, 2.24) is 0 Å². The second kappa shape index (κ2) is 7.68. The summed E-state index contributed by atoms with van der Waals surface area (Å²) in [7, 11) is 3.27. The molecule has 0 bridgehead atoms. The van der Waals surface area contributed by atoms with E-state index in [0.717, 1.165) is 33.8 Å². The molecule has 0 saturated heterocycles. The maximum Gasteiger partial charge on any atom is 0.122 e. The van der Waals surface area contributed by atoms with Crippen molar-refractivity contribution in [1.29, 1.82) is 0 Å². The molecule has 6 N–H and O–H groups in total. The van der Waals surface area contributed by atoms with Gasteiger partial charge in [-0.05, 0) is 64.2 Å². The molecule has 2 aromatic carbocycles. The van der Waals surface area contributed by atoms with E-state index in [1.807, 2.05) is 30.3 Å². The molecule has 1 unspecified atom stereocenters. The number of benzene rings is 2. The number of methoxy groups -OCH3 is 2. The van der Waals surface area contributed by atoms with Crippen LogP contribution in [-0.4, -0.2) is 14.2 Å². The van der Waals surface area contributed by atoms with Crippen LogP contribution in [0.3, 0.4) is 0 Å². The minimum absolute atomic E-state index is 0.186. The molecular formula is C20H23N3O2S. The molecular weight excluding hydrogens is 346 g/mol. The third kappa shape index (κ3) is 3.76. The van der Waals surface area contributed by atoms with Gasteiger partial charge in [0.1, 0.15) is 11.5 Å². The van der Waals surface area contributed by atoms with Gasteiger partial charge < -0.3 is 26.7 Å². The van der Waals surface area contributed by atoms with E-state index in [9.17, 15) is 0 Å². The summed E-state index contributed by atoms with van der Waals surface area (Å²) in [5.74, 6) is 1.49. The standard InChI is InChI=1S/C20H23N3O2S/c1-24-14-5-12(6-15(9-14)25-2)7-20(23)18-11-26-10-17(18)16-8-13(21)3-4-19(16)22/h3-6,8-11,20H,7,21-23H2,1-2H3. The molecule has 0 saturated carbocycles. The number of thiophene rings is 1. The highest BCUT2D eigenvalue weighted by Crippen LogP contribution is 2.37. The van der Waals surface area contributed by atoms with Crippen LogP contribution in [0.15, 0.2) is 47.2 Å². The van der Waals surface area contributed by atoms with Crippen molar-refractivity contribution in [3.8, 4) is 22.6 Å². The van der Waals surface area contributed by atoms with Gasteiger partial charge in [0.2, 0.25) is 0 Å². The van der Waals surface area contributed by atoms with Gasteiger partial charge in [0.15, 0.2) is 0 Å². The van der Waals surface area contributed by atoms with Gasteiger partial charge in [-0.1, -0.05) is 0 Å². The molecule has 1 aromatic heterocycles. The number of nitrogens with two attached hydrogens (primary N) is 3. The van der Waals surface area contributed by atoms with Gasteiger partial charge in [0.05, 0.1) is 14.2 Å². The van der Waals surface area contributed by atoms with Crippen LogP contribution in [0.5, 0.6) is 11.5 Å². The lowest BCUT2D eigenvalue weighted by Gasteiger charge is -2.16. The molecule has 1 heterocycles. The first-order chi connectivity index (χ1) is 12.5. The third-order valence-electron chi connectivity index (χ3n) is 4.33. The summed E-state index contributed by atoms with van der Waals surface area (Å²) in [4.78, 5) is 0. The molecule has 5 nitrogen and oxygen atoms in total. The third-order valence-corrected chi connectivity index (χ3v) is 5.09. The van der Waals surface area contributed by atoms with Gasteiger partial charge >= 0.3 is 0 Å². The largest absolute Gasteiger partial charge is 0.497 e. The van der Waals surface area contributed by atoms with Crippen molar-refractivity contribution in [2.45, 2.75) is 12.5 Å². The monoisotopic (exact) mass is 369 g/mol. The highest BCUT2D eigenvalue weighted by atomic mass is 32.1. The lowest BCUT2D eigenvalue weighted by Crippen LogP contribution is -2.14. The average Bonchev–Trinajstić information content (AvgIpc) is 3.13. The van der Waals surface area contributed by atoms with Crippen LogP contribution < -0.4 is 26.7 Å². The molecule has 0 radical (unpaired) electrons. The summed E-state index contributed by atoms with van der Waals surface area (Å²) in [5.41, 5.74) is 24.0. The normalized spacial score (nSPS) is 12.0. The van der Waals surface area contributed by atoms with Crippen molar-refractivity contribution < 1.29 is 9.47 Å². The Hall–Kier alpha value is -2.70. The average molecular weight is 369 g/mol. The zero-order chi connectivity index (χ0) is 18.7. The first kappa shape index (κ1) is 18.1. The van der Waals surface area contributed by atoms with Crippen molar-refractivity contribution in [2.24, 2.45) is 5.73 Å². The molecule has 6 heteroatoms. The van der Waals surface area contributed by atoms with Crippen molar-refractivity contribution in [3.63, 3.8) is 0 Å². The van der Waals surface area contributed by atoms with E-state index < -0.39 is 0 Å². The SMILES string of the molecule is COc1cc(CC(N)c2cscc2-c2cc(N)ccc2N)cc(OC)c1. The Kier molecular flexibility index (Phi) is 5.35. The van der Waals surface area contributed by atoms with Crippen LogP contribution in [0.1, 0.15) is 17.2 Å². The number of rotatable bonds is 6. The second-order valence-electron chi connectivity index (χ2n) is 6.12. The Morgan fingerprint density at radius 1 is 0.923 bits per heavy atom. The van der Waals surface area contributed by atoms with Gasteiger partial charge in [-0.2, -0.15) is 11.3 Å². The molecule has 0 aliphatic carbocycles. The van der Waals surface area contributed by atoms with E-state index in [0.29, 0.717) is 17.8 Å². The Morgan fingerprint density at radius 3 is 2.27 bits per heavy atom. The minimum atomic E-state index is -0.186. The summed E-state index contributed by atoms with van der Waals surface area (Å²) in [5, 5.41) is 4.13. The zero-order valence-corrected chi connectivity index (χ0v) is 15.7. The quantitative estimate of drug-likeness (QED) is 0.574. The summed E-state index contributed by atoms with van der Waals surface area (Å²) in [6.45, 7) is 0. The Bertz CT molecular complexity index is 886. The number of nitrogen functional groups attached to an aromatic ring is 2. The predicted octanol–water partition coefficient (Wildman–Crippen LogP) is 3.84. The molecule has 3 rings (SSSR count). The fourth-order valence-corrected chi connectivity index (χ4v) is 3.88. The summed E-state index contributed by atoms with van der Waals surface area (Å²) >= 11 is 1.60. The topological polar surface area (TPSA) is 96.5 Å². The lowest BCUT2D eigenvalue weighted by atomic mass is 9.94. The van der Waals surface area contributed by atoms with E-state index in [4.69, 9.17) is 26.7 Å². The highest BCUT2D eigenvalue weighted by molar-refractivity contribution is 7.08. The van der Waals surface area contributed by atoms with Crippen molar-refractivity contribution in [3.05, 3.63) is 58.3 Å². The van der Waals surface area contributed by atoms with Crippen LogP contribution in [0, 0.1) is 0 Å². The smallest absolute Gasteiger partial charge is 0.122 e. The van der Waals surface area contributed by atoms with Crippen LogP contribution >= 0.6 is 11.3 Å². The number of hydrogen-bond donors (Lipinski definition) is 3. The highest BCUT2D eigenvalue weighted by Gasteiger charge is 2.17. The van der Waals surface area contributed by atoms with Gasteiger partial charge in [-0.3, -0.25) is 0 Å². The van der Waals surface area contributed by atoms with Crippen molar-refractivity contribution in [2.75, 3.05) is 25.7 Å². The lowest BCUT2D eigenvalue weighted by molar-refractivity contribution is 0.393. The summed E-state index contributed by atoms with van der Waals surface area (Å²) in [6, 6.07) is 11.1. The molecule has 0 aliphatic heterocycles. The molecule has 26 heavy (non-hydrogen) atoms. The van der Waals surface area contributed by atoms with Gasteiger partial charge in [0.25, 0.3) is 0 Å². The molecule has 0 fully saturated rings. The van der Waals surface area contributed by atoms with Crippen LogP contribution in [-0.2, 0) is 6.42 Å². The van der Waals surface area contributed by atoms with Crippen LogP contribution in [0.4, 0.5) is 11.4 Å². The minimum Gasteiger partial charge on any atom is -0.497 e. The van der Waals surface area contributed by atoms with Gasteiger partial charge in [0, 0.05) is 29.0 Å². The van der Waals surface area contributed by atoms with Crippen LogP contribution in [0.2, 0.25) is 0 Å². The molecule has 0 spiro atoms. The van der Waals surface area contributed by atoms with Gasteiger partial charge in [-0.15, -0.1) is 0 Å². The Labute approximate surface area is 157 Å². The molecule has 0 aliphatic rings. The summed E-state index contributed by atoms with van der Waals surface area (Å²) in [6.07, 6.45) is 0.652. The van der Waals surface area contributed by atoms with Crippen LogP contribution in [0.25, 0.3) is 11.1 Å². The fourth-order valence-electron chi connectivity index (χ4n) is 2.97.